The lowest BCUT2D eigenvalue weighted by atomic mass is 9.96. The minimum atomic E-state index is -0.805. The number of nitrogens with zero attached hydrogens (tertiary/aromatic N) is 5. The first kappa shape index (κ1) is 40.5. The van der Waals surface area contributed by atoms with Crippen molar-refractivity contribution in [1.29, 1.82) is 0 Å². The highest BCUT2D eigenvalue weighted by Crippen LogP contribution is 2.47. The summed E-state index contributed by atoms with van der Waals surface area (Å²) in [7, 11) is 1.52. The van der Waals surface area contributed by atoms with E-state index in [0.717, 1.165) is 35.6 Å². The molecule has 0 saturated carbocycles. The summed E-state index contributed by atoms with van der Waals surface area (Å²) in [6.07, 6.45) is 3.21. The van der Waals surface area contributed by atoms with Crippen LogP contribution in [-0.4, -0.2) is 83.8 Å². The second kappa shape index (κ2) is 19.0. The molecule has 0 bridgehead atoms. The van der Waals surface area contributed by atoms with Crippen LogP contribution < -0.4 is 9.47 Å². The van der Waals surface area contributed by atoms with Crippen molar-refractivity contribution in [2.75, 3.05) is 53.4 Å². The van der Waals surface area contributed by atoms with Crippen molar-refractivity contribution in [3.05, 3.63) is 83.9 Å². The number of benzene rings is 2. The van der Waals surface area contributed by atoms with Crippen LogP contribution in [0.2, 0.25) is 0 Å². The standard InChI is InChI=1S/C39H42F3N5O4S.C2H6/c1-5-7-13-45(24-40)16-17-50-28-10-8-26(9-11-28)37-29-12-20-52-39(29)36(35-30(42)21-27(41)22-33(35)51-19-18-49-4)38(43-37)31-23-32-25(3)46(34(48)6-2)14-15-47(32)44-31;1-2/h6,8-12,20-23,25H,2,5,7,13-19,24H2,1,3-4H3;1-2H3/t25-;/m1./s1. The predicted octanol–water partition coefficient (Wildman–Crippen LogP) is 9.32. The van der Waals surface area contributed by atoms with Crippen molar-refractivity contribution in [2.45, 2.75) is 53.1 Å². The fourth-order valence-corrected chi connectivity index (χ4v) is 7.40. The lowest BCUT2D eigenvalue weighted by Gasteiger charge is -2.33. The van der Waals surface area contributed by atoms with E-state index in [0.29, 0.717) is 65.9 Å². The second-order valence-electron chi connectivity index (χ2n) is 12.5. The number of hydrogen-bond acceptors (Lipinski definition) is 8. The van der Waals surface area contributed by atoms with Crippen molar-refractivity contribution in [2.24, 2.45) is 0 Å². The number of thiophene rings is 1. The van der Waals surface area contributed by atoms with Gasteiger partial charge in [0.25, 0.3) is 0 Å². The number of hydrogen-bond donors (Lipinski definition) is 0. The summed E-state index contributed by atoms with van der Waals surface area (Å²) in [5, 5.41) is 7.60. The van der Waals surface area contributed by atoms with Crippen molar-refractivity contribution in [1.82, 2.24) is 24.6 Å². The van der Waals surface area contributed by atoms with Gasteiger partial charge in [-0.15, -0.1) is 11.3 Å². The maximum absolute atomic E-state index is 16.1. The first-order valence-electron chi connectivity index (χ1n) is 18.3. The Morgan fingerprint density at radius 2 is 1.80 bits per heavy atom. The van der Waals surface area contributed by atoms with E-state index in [4.69, 9.17) is 24.3 Å². The molecule has 0 fully saturated rings. The Labute approximate surface area is 319 Å². The van der Waals surface area contributed by atoms with Gasteiger partial charge in [0.05, 0.1) is 36.1 Å². The smallest absolute Gasteiger partial charge is 0.246 e. The third kappa shape index (κ3) is 8.80. The van der Waals surface area contributed by atoms with Crippen LogP contribution in [-0.2, 0) is 16.1 Å². The summed E-state index contributed by atoms with van der Waals surface area (Å²) in [6.45, 7) is 13.8. The maximum atomic E-state index is 16.1. The SMILES string of the molecule is C=CC(=O)N1CCn2nc(-c3nc(-c4ccc(OCCN(CF)CCCC)cc4)c4ccsc4c3-c3c(F)cc(F)cc3OCCOC)cc2[C@H]1C.CC. The Kier molecular flexibility index (Phi) is 14.3. The van der Waals surface area contributed by atoms with Gasteiger partial charge in [-0.25, -0.2) is 18.2 Å². The number of rotatable bonds is 16. The molecule has 1 aliphatic rings. The lowest BCUT2D eigenvalue weighted by Crippen LogP contribution is -2.40. The molecule has 54 heavy (non-hydrogen) atoms. The molecule has 13 heteroatoms. The summed E-state index contributed by atoms with van der Waals surface area (Å²) >= 11 is 1.40. The van der Waals surface area contributed by atoms with Crippen molar-refractivity contribution in [3.63, 3.8) is 0 Å². The van der Waals surface area contributed by atoms with Crippen molar-refractivity contribution >= 4 is 27.3 Å². The lowest BCUT2D eigenvalue weighted by molar-refractivity contribution is -0.129. The number of carbonyl (C=O) groups excluding carboxylic acids is 1. The molecule has 1 atom stereocenters. The van der Waals surface area contributed by atoms with E-state index < -0.39 is 18.4 Å². The van der Waals surface area contributed by atoms with Gasteiger partial charge in [-0.3, -0.25) is 14.4 Å². The topological polar surface area (TPSA) is 82.0 Å². The Balaban J connectivity index is 0.00000276. The first-order chi connectivity index (χ1) is 26.3. The fourth-order valence-electron chi connectivity index (χ4n) is 6.45. The zero-order chi connectivity index (χ0) is 38.8. The number of halogens is 3. The second-order valence-corrected chi connectivity index (χ2v) is 13.4. The quantitative estimate of drug-likeness (QED) is 0.0563. The zero-order valence-corrected chi connectivity index (χ0v) is 32.4. The minimum absolute atomic E-state index is 0.0164. The normalized spacial score (nSPS) is 13.8. The first-order valence-corrected chi connectivity index (χ1v) is 19.2. The van der Waals surface area contributed by atoms with E-state index in [1.165, 1.54) is 30.6 Å². The van der Waals surface area contributed by atoms with E-state index in [1.54, 1.807) is 9.80 Å². The average molecular weight is 764 g/mol. The molecule has 0 N–H and O–H groups in total. The molecule has 0 radical (unpaired) electrons. The van der Waals surface area contributed by atoms with Crippen molar-refractivity contribution < 1.29 is 32.2 Å². The molecule has 9 nitrogen and oxygen atoms in total. The van der Waals surface area contributed by atoms with Gasteiger partial charge in [0.2, 0.25) is 5.91 Å². The summed E-state index contributed by atoms with van der Waals surface area (Å²) in [6, 6.07) is 13.0. The third-order valence-corrected chi connectivity index (χ3v) is 10.1. The van der Waals surface area contributed by atoms with Crippen molar-refractivity contribution in [3.8, 4) is 45.3 Å². The van der Waals surface area contributed by atoms with Gasteiger partial charge in [-0.1, -0.05) is 33.8 Å². The number of carbonyl (C=O) groups is 1. The summed E-state index contributed by atoms with van der Waals surface area (Å²) < 4.78 is 63.8. The van der Waals surface area contributed by atoms with Gasteiger partial charge in [0.1, 0.15) is 54.5 Å². The molecule has 0 aliphatic carbocycles. The third-order valence-electron chi connectivity index (χ3n) is 9.18. The van der Waals surface area contributed by atoms with E-state index in [2.05, 4.69) is 13.5 Å². The molecular formula is C41H48F3N5O4S. The number of ether oxygens (including phenoxy) is 3. The molecule has 1 amide bonds. The highest BCUT2D eigenvalue weighted by atomic mass is 32.1. The highest BCUT2D eigenvalue weighted by molar-refractivity contribution is 7.18. The number of alkyl halides is 1. The number of amides is 1. The minimum Gasteiger partial charge on any atom is -0.492 e. The van der Waals surface area contributed by atoms with Crippen LogP contribution in [0.25, 0.3) is 43.9 Å². The average Bonchev–Trinajstić information content (AvgIpc) is 3.86. The molecule has 288 valence electrons. The Bertz CT molecular complexity index is 2030. The maximum Gasteiger partial charge on any atom is 0.246 e. The molecular weight excluding hydrogens is 716 g/mol. The van der Waals surface area contributed by atoms with Crippen LogP contribution in [0.4, 0.5) is 13.2 Å². The van der Waals surface area contributed by atoms with Crippen LogP contribution in [0.15, 0.2) is 66.6 Å². The van der Waals surface area contributed by atoms with E-state index in [1.807, 2.05) is 67.2 Å². The Morgan fingerprint density at radius 1 is 1.02 bits per heavy atom. The largest absolute Gasteiger partial charge is 0.492 e. The summed E-state index contributed by atoms with van der Waals surface area (Å²) in [4.78, 5) is 21.3. The molecule has 4 heterocycles. The molecule has 1 aliphatic heterocycles. The Hall–Kier alpha value is -4.72. The Morgan fingerprint density at radius 3 is 2.50 bits per heavy atom. The van der Waals surface area contributed by atoms with E-state index in [9.17, 15) is 13.6 Å². The number of aromatic nitrogens is 3. The predicted molar refractivity (Wildman–Crippen MR) is 209 cm³/mol. The molecule has 0 unspecified atom stereocenters. The number of unbranched alkanes of at least 4 members (excludes halogenated alkanes) is 1. The van der Waals surface area contributed by atoms with Gasteiger partial charge < -0.3 is 19.1 Å². The summed E-state index contributed by atoms with van der Waals surface area (Å²) in [5.74, 6) is -1.11. The van der Waals surface area contributed by atoms with Crippen LogP contribution in [0.5, 0.6) is 11.5 Å². The van der Waals surface area contributed by atoms with Crippen LogP contribution >= 0.6 is 11.3 Å². The molecule has 6 rings (SSSR count). The van der Waals surface area contributed by atoms with Gasteiger partial charge >= 0.3 is 0 Å². The van der Waals surface area contributed by atoms with E-state index in [-0.39, 0.29) is 36.5 Å². The molecule has 0 saturated heterocycles. The zero-order valence-electron chi connectivity index (χ0n) is 31.5. The highest BCUT2D eigenvalue weighted by Gasteiger charge is 2.31. The van der Waals surface area contributed by atoms with Gasteiger partial charge in [-0.05, 0) is 61.2 Å². The van der Waals surface area contributed by atoms with Crippen LogP contribution in [0, 0.1) is 11.6 Å². The molecule has 3 aromatic heterocycles. The van der Waals surface area contributed by atoms with Crippen LogP contribution in [0.1, 0.15) is 52.3 Å². The fraction of sp³-hybridized carbons (Fsp3) is 0.390. The monoisotopic (exact) mass is 763 g/mol. The number of methoxy groups -OCH3 is 1. The number of pyridine rings is 1. The van der Waals surface area contributed by atoms with Gasteiger partial charge in [0.15, 0.2) is 0 Å². The molecule has 2 aromatic carbocycles. The van der Waals surface area contributed by atoms with Gasteiger partial charge in [0, 0.05) is 60.1 Å². The molecule has 5 aromatic rings. The van der Waals surface area contributed by atoms with E-state index >= 15 is 4.39 Å². The number of fused-ring (bicyclic) bond motifs is 2. The summed E-state index contributed by atoms with van der Waals surface area (Å²) in [5.41, 5.74) is 3.53. The molecule has 0 spiro atoms. The van der Waals surface area contributed by atoms with Gasteiger partial charge in [-0.2, -0.15) is 5.10 Å². The van der Waals surface area contributed by atoms with Crippen LogP contribution in [0.3, 0.4) is 0 Å².